The fourth-order valence-electron chi connectivity index (χ4n) is 2.55. The third kappa shape index (κ3) is 7.11. The highest BCUT2D eigenvalue weighted by Crippen LogP contribution is 2.18. The minimum Gasteiger partial charge on any atom is -0.486 e. The van der Waals surface area contributed by atoms with E-state index in [1.165, 1.54) is 21.8 Å². The second-order valence-electron chi connectivity index (χ2n) is 7.16. The van der Waals surface area contributed by atoms with Gasteiger partial charge >= 0.3 is 0 Å². The van der Waals surface area contributed by atoms with Crippen LogP contribution in [0.15, 0.2) is 53.9 Å². The number of ether oxygens (including phenoxy) is 2. The van der Waals surface area contributed by atoms with Crippen LogP contribution in [0.4, 0.5) is 5.69 Å². The van der Waals surface area contributed by atoms with Crippen LogP contribution in [0.2, 0.25) is 0 Å². The van der Waals surface area contributed by atoms with Crippen LogP contribution >= 0.6 is 11.3 Å². The maximum absolute atomic E-state index is 12.3. The summed E-state index contributed by atoms with van der Waals surface area (Å²) in [5.41, 5.74) is 2.53. The molecule has 0 unspecified atom stereocenters. The molecular weight excluding hydrogens is 414 g/mol. The fraction of sp³-hybridized carbons (Fsp3) is 0.261. The third-order valence-corrected chi connectivity index (χ3v) is 5.19. The molecule has 1 aromatic heterocycles. The summed E-state index contributed by atoms with van der Waals surface area (Å²) >= 11 is 1.47. The van der Waals surface area contributed by atoms with E-state index in [4.69, 9.17) is 9.47 Å². The lowest BCUT2D eigenvalue weighted by Crippen LogP contribution is -2.27. The van der Waals surface area contributed by atoms with Gasteiger partial charge in [-0.3, -0.25) is 9.59 Å². The predicted molar refractivity (Wildman–Crippen MR) is 121 cm³/mol. The average molecular weight is 440 g/mol. The topological polar surface area (TPSA) is 80.8 Å². The first-order valence-electron chi connectivity index (χ1n) is 9.74. The van der Waals surface area contributed by atoms with E-state index in [9.17, 15) is 9.59 Å². The van der Waals surface area contributed by atoms with Crippen molar-refractivity contribution in [3.05, 3.63) is 70.2 Å². The number of likely N-dealkylation sites (N-methyl/N-ethyl adjacent to an activating group) is 1. The Bertz CT molecular complexity index is 1010. The van der Waals surface area contributed by atoms with Crippen molar-refractivity contribution in [3.63, 3.8) is 0 Å². The average Bonchev–Trinajstić information content (AvgIpc) is 3.19. The van der Waals surface area contributed by atoms with Crippen LogP contribution in [0.5, 0.6) is 11.5 Å². The lowest BCUT2D eigenvalue weighted by atomic mass is 10.2. The van der Waals surface area contributed by atoms with Crippen molar-refractivity contribution in [3.8, 4) is 11.5 Å². The Morgan fingerprint density at radius 2 is 1.65 bits per heavy atom. The van der Waals surface area contributed by atoms with Gasteiger partial charge in [0.25, 0.3) is 5.91 Å². The summed E-state index contributed by atoms with van der Waals surface area (Å²) in [6.07, 6.45) is 0.177. The maximum Gasteiger partial charge on any atom is 0.259 e. The highest BCUT2D eigenvalue weighted by atomic mass is 32.1. The molecule has 8 heteroatoms. The first kappa shape index (κ1) is 22.3. The molecule has 0 aliphatic rings. The molecule has 1 N–H and O–H groups in total. The highest BCUT2D eigenvalue weighted by Gasteiger charge is 2.10. The molecule has 31 heavy (non-hydrogen) atoms. The number of hydrogen-bond acceptors (Lipinski definition) is 6. The van der Waals surface area contributed by atoms with E-state index in [-0.39, 0.29) is 24.8 Å². The maximum atomic E-state index is 12.3. The SMILES string of the molecule is Cc1ccc(OCc2nc(CC(=O)Nc3ccc(OCC(=O)N(C)C)cc3)cs2)cc1. The summed E-state index contributed by atoms with van der Waals surface area (Å²) in [4.78, 5) is 29.8. The van der Waals surface area contributed by atoms with Gasteiger partial charge in [0.2, 0.25) is 5.91 Å². The van der Waals surface area contributed by atoms with E-state index >= 15 is 0 Å². The molecule has 3 rings (SSSR count). The minimum absolute atomic E-state index is 0.0293. The van der Waals surface area contributed by atoms with Crippen LogP contribution in [-0.4, -0.2) is 42.4 Å². The lowest BCUT2D eigenvalue weighted by molar-refractivity contribution is -0.130. The van der Waals surface area contributed by atoms with Gasteiger partial charge in [0.1, 0.15) is 23.1 Å². The Morgan fingerprint density at radius 1 is 1.00 bits per heavy atom. The molecule has 2 aromatic carbocycles. The highest BCUT2D eigenvalue weighted by molar-refractivity contribution is 7.09. The molecule has 0 saturated carbocycles. The summed E-state index contributed by atoms with van der Waals surface area (Å²) in [6, 6.07) is 14.7. The fourth-order valence-corrected chi connectivity index (χ4v) is 3.26. The number of anilines is 1. The van der Waals surface area contributed by atoms with E-state index < -0.39 is 0 Å². The Morgan fingerprint density at radius 3 is 2.32 bits per heavy atom. The molecule has 7 nitrogen and oxygen atoms in total. The number of nitrogens with zero attached hydrogens (tertiary/aromatic N) is 2. The van der Waals surface area contributed by atoms with Crippen LogP contribution in [0.3, 0.4) is 0 Å². The van der Waals surface area contributed by atoms with Gasteiger partial charge in [0.15, 0.2) is 6.61 Å². The standard InChI is InChI=1S/C23H25N3O4S/c1-16-4-8-19(9-5-16)29-13-22-25-18(15-31-22)12-21(27)24-17-6-10-20(11-7-17)30-14-23(28)26(2)3/h4-11,15H,12-14H2,1-3H3,(H,24,27). The molecule has 0 bridgehead atoms. The molecule has 162 valence electrons. The first-order chi connectivity index (χ1) is 14.9. The summed E-state index contributed by atoms with van der Waals surface area (Å²) in [7, 11) is 3.35. The zero-order valence-electron chi connectivity index (χ0n) is 17.8. The van der Waals surface area contributed by atoms with E-state index in [0.717, 1.165) is 10.8 Å². The smallest absolute Gasteiger partial charge is 0.259 e. The second kappa shape index (κ2) is 10.6. The molecule has 3 aromatic rings. The zero-order valence-corrected chi connectivity index (χ0v) is 18.6. The molecular formula is C23H25N3O4S. The molecule has 0 saturated heterocycles. The molecule has 0 atom stereocenters. The normalized spacial score (nSPS) is 10.4. The van der Waals surface area contributed by atoms with Gasteiger partial charge in [0.05, 0.1) is 12.1 Å². The molecule has 0 aliphatic heterocycles. The van der Waals surface area contributed by atoms with Gasteiger partial charge in [-0.2, -0.15) is 0 Å². The van der Waals surface area contributed by atoms with Crippen LogP contribution in [0.1, 0.15) is 16.3 Å². The Kier molecular flexibility index (Phi) is 7.61. The van der Waals surface area contributed by atoms with Crippen molar-refractivity contribution < 1.29 is 19.1 Å². The van der Waals surface area contributed by atoms with Crippen molar-refractivity contribution in [1.82, 2.24) is 9.88 Å². The van der Waals surface area contributed by atoms with E-state index in [0.29, 0.717) is 23.7 Å². The molecule has 0 spiro atoms. The van der Waals surface area contributed by atoms with E-state index in [2.05, 4.69) is 10.3 Å². The molecule has 0 aliphatic carbocycles. The second-order valence-corrected chi connectivity index (χ2v) is 8.10. The van der Waals surface area contributed by atoms with Gasteiger partial charge in [-0.05, 0) is 43.3 Å². The van der Waals surface area contributed by atoms with E-state index in [1.54, 1.807) is 38.4 Å². The van der Waals surface area contributed by atoms with Gasteiger partial charge in [-0.1, -0.05) is 17.7 Å². The summed E-state index contributed by atoms with van der Waals surface area (Å²) < 4.78 is 11.2. The number of rotatable bonds is 9. The molecule has 1 heterocycles. The van der Waals surface area contributed by atoms with Crippen LogP contribution in [-0.2, 0) is 22.6 Å². The quantitative estimate of drug-likeness (QED) is 0.550. The van der Waals surface area contributed by atoms with Crippen molar-refractivity contribution >= 4 is 28.8 Å². The number of carbonyl (C=O) groups excluding carboxylic acids is 2. The third-order valence-electron chi connectivity index (χ3n) is 4.32. The number of amides is 2. The Labute approximate surface area is 185 Å². The minimum atomic E-state index is -0.159. The number of aryl methyl sites for hydroxylation is 1. The lowest BCUT2D eigenvalue weighted by Gasteiger charge is -2.11. The number of hydrogen-bond donors (Lipinski definition) is 1. The van der Waals surface area contributed by atoms with E-state index in [1.807, 2.05) is 36.6 Å². The van der Waals surface area contributed by atoms with Crippen molar-refractivity contribution in [2.24, 2.45) is 0 Å². The number of thiazole rings is 1. The summed E-state index contributed by atoms with van der Waals surface area (Å²) in [5, 5.41) is 5.52. The predicted octanol–water partition coefficient (Wildman–Crippen LogP) is 3.68. The Balaban J connectivity index is 1.45. The Hall–Kier alpha value is -3.39. The first-order valence-corrected chi connectivity index (χ1v) is 10.6. The van der Waals surface area contributed by atoms with Crippen molar-refractivity contribution in [2.45, 2.75) is 20.0 Å². The monoisotopic (exact) mass is 439 g/mol. The number of nitrogens with one attached hydrogen (secondary N) is 1. The van der Waals surface area contributed by atoms with Gasteiger partial charge in [-0.15, -0.1) is 11.3 Å². The van der Waals surface area contributed by atoms with Crippen molar-refractivity contribution in [2.75, 3.05) is 26.0 Å². The zero-order chi connectivity index (χ0) is 22.2. The van der Waals surface area contributed by atoms with Gasteiger partial charge in [-0.25, -0.2) is 4.98 Å². The van der Waals surface area contributed by atoms with Crippen LogP contribution in [0, 0.1) is 6.92 Å². The number of carbonyl (C=O) groups is 2. The largest absolute Gasteiger partial charge is 0.486 e. The van der Waals surface area contributed by atoms with Crippen LogP contribution < -0.4 is 14.8 Å². The van der Waals surface area contributed by atoms with Crippen molar-refractivity contribution in [1.29, 1.82) is 0 Å². The van der Waals surface area contributed by atoms with Gasteiger partial charge in [0, 0.05) is 25.2 Å². The number of aromatic nitrogens is 1. The summed E-state index contributed by atoms with van der Waals surface area (Å²) in [6.45, 7) is 2.37. The molecule has 0 fully saturated rings. The summed E-state index contributed by atoms with van der Waals surface area (Å²) in [5.74, 6) is 1.07. The van der Waals surface area contributed by atoms with Gasteiger partial charge < -0.3 is 19.7 Å². The molecule has 0 radical (unpaired) electrons. The number of benzene rings is 2. The molecule has 2 amide bonds. The van der Waals surface area contributed by atoms with Crippen LogP contribution in [0.25, 0.3) is 0 Å².